The Bertz CT molecular complexity index is 413. The van der Waals surface area contributed by atoms with Crippen LogP contribution in [0.5, 0.6) is 0 Å². The molecule has 0 aliphatic rings. The maximum absolute atomic E-state index is 11.6. The molecule has 0 heterocycles. The Kier molecular flexibility index (Phi) is 4.37. The third-order valence-corrected chi connectivity index (χ3v) is 2.81. The Morgan fingerprint density at radius 3 is 2.71 bits per heavy atom. The molecule has 0 unspecified atom stereocenters. The SMILES string of the molecule is CC#CCC(=O)c1ccc(Br)cc1Br. The topological polar surface area (TPSA) is 17.1 Å². The molecule has 0 fully saturated rings. The first kappa shape index (κ1) is 11.5. The summed E-state index contributed by atoms with van der Waals surface area (Å²) < 4.78 is 1.75. The molecule has 1 aromatic carbocycles. The van der Waals surface area contributed by atoms with E-state index in [0.29, 0.717) is 5.56 Å². The van der Waals surface area contributed by atoms with E-state index in [-0.39, 0.29) is 12.2 Å². The van der Waals surface area contributed by atoms with E-state index in [2.05, 4.69) is 43.7 Å². The monoisotopic (exact) mass is 314 g/mol. The molecule has 0 aliphatic carbocycles. The van der Waals surface area contributed by atoms with Gasteiger partial charge in [0.05, 0.1) is 6.42 Å². The number of hydrogen-bond acceptors (Lipinski definition) is 1. The summed E-state index contributed by atoms with van der Waals surface area (Å²) in [5, 5.41) is 0. The number of carbonyl (C=O) groups excluding carboxylic acids is 1. The largest absolute Gasteiger partial charge is 0.293 e. The minimum atomic E-state index is 0.0405. The van der Waals surface area contributed by atoms with Crippen LogP contribution in [0.15, 0.2) is 27.1 Å². The highest BCUT2D eigenvalue weighted by Gasteiger charge is 2.08. The summed E-state index contributed by atoms with van der Waals surface area (Å²) in [7, 11) is 0. The fourth-order valence-electron chi connectivity index (χ4n) is 0.980. The van der Waals surface area contributed by atoms with Gasteiger partial charge in [-0.25, -0.2) is 0 Å². The van der Waals surface area contributed by atoms with Gasteiger partial charge in [-0.15, -0.1) is 5.92 Å². The first-order valence-electron chi connectivity index (χ1n) is 4.03. The summed E-state index contributed by atoms with van der Waals surface area (Å²) in [6.07, 6.45) is 0.275. The third-order valence-electron chi connectivity index (χ3n) is 1.66. The molecule has 72 valence electrons. The second kappa shape index (κ2) is 5.33. The van der Waals surface area contributed by atoms with Crippen LogP contribution in [0.3, 0.4) is 0 Å². The normalized spacial score (nSPS) is 9.07. The Hall–Kier alpha value is -0.590. The first-order chi connectivity index (χ1) is 6.65. The van der Waals surface area contributed by atoms with Gasteiger partial charge >= 0.3 is 0 Å². The predicted molar refractivity (Wildman–Crippen MR) is 64.2 cm³/mol. The first-order valence-corrected chi connectivity index (χ1v) is 5.61. The van der Waals surface area contributed by atoms with E-state index in [1.807, 2.05) is 12.1 Å². The Morgan fingerprint density at radius 2 is 2.14 bits per heavy atom. The second-order valence-corrected chi connectivity index (χ2v) is 4.42. The van der Waals surface area contributed by atoms with E-state index in [1.54, 1.807) is 13.0 Å². The molecule has 0 radical (unpaired) electrons. The van der Waals surface area contributed by atoms with Gasteiger partial charge in [-0.1, -0.05) is 37.8 Å². The minimum absolute atomic E-state index is 0.0405. The molecule has 0 aromatic heterocycles. The lowest BCUT2D eigenvalue weighted by Crippen LogP contribution is -1.98. The van der Waals surface area contributed by atoms with E-state index in [1.165, 1.54) is 0 Å². The standard InChI is InChI=1S/C11H8Br2O/c1-2-3-4-11(14)9-6-5-8(12)7-10(9)13/h5-7H,4H2,1H3. The summed E-state index contributed by atoms with van der Waals surface area (Å²) in [6.45, 7) is 1.73. The third kappa shape index (κ3) is 2.97. The van der Waals surface area contributed by atoms with Crippen molar-refractivity contribution in [1.82, 2.24) is 0 Å². The average Bonchev–Trinajstić information content (AvgIpc) is 2.14. The van der Waals surface area contributed by atoms with Gasteiger partial charge in [0.2, 0.25) is 0 Å². The molecule has 0 saturated heterocycles. The highest BCUT2D eigenvalue weighted by atomic mass is 79.9. The van der Waals surface area contributed by atoms with Crippen molar-refractivity contribution >= 4 is 37.6 Å². The molecular weight excluding hydrogens is 308 g/mol. The molecule has 0 amide bonds. The van der Waals surface area contributed by atoms with Crippen molar-refractivity contribution in [3.8, 4) is 11.8 Å². The smallest absolute Gasteiger partial charge is 0.175 e. The maximum atomic E-state index is 11.6. The van der Waals surface area contributed by atoms with Crippen molar-refractivity contribution in [2.45, 2.75) is 13.3 Å². The molecule has 1 rings (SSSR count). The highest BCUT2D eigenvalue weighted by molar-refractivity contribution is 9.11. The van der Waals surface area contributed by atoms with E-state index in [9.17, 15) is 4.79 Å². The van der Waals surface area contributed by atoms with Crippen LogP contribution in [0, 0.1) is 11.8 Å². The van der Waals surface area contributed by atoms with Gasteiger partial charge in [-0.3, -0.25) is 4.79 Å². The van der Waals surface area contributed by atoms with Crippen LogP contribution in [-0.4, -0.2) is 5.78 Å². The Balaban J connectivity index is 2.94. The lowest BCUT2D eigenvalue weighted by atomic mass is 10.1. The van der Waals surface area contributed by atoms with Crippen molar-refractivity contribution in [2.75, 3.05) is 0 Å². The van der Waals surface area contributed by atoms with Crippen LogP contribution >= 0.6 is 31.9 Å². The molecule has 0 N–H and O–H groups in total. The highest BCUT2D eigenvalue weighted by Crippen LogP contribution is 2.22. The second-order valence-electron chi connectivity index (χ2n) is 2.65. The maximum Gasteiger partial charge on any atom is 0.175 e. The molecule has 0 atom stereocenters. The predicted octanol–water partition coefficient (Wildman–Crippen LogP) is 3.81. The van der Waals surface area contributed by atoms with Gasteiger partial charge in [0.25, 0.3) is 0 Å². The van der Waals surface area contributed by atoms with Crippen molar-refractivity contribution in [2.24, 2.45) is 0 Å². The van der Waals surface area contributed by atoms with E-state index >= 15 is 0 Å². The van der Waals surface area contributed by atoms with E-state index in [0.717, 1.165) is 8.95 Å². The summed E-state index contributed by atoms with van der Waals surface area (Å²) >= 11 is 6.67. The summed E-state index contributed by atoms with van der Waals surface area (Å²) in [5.41, 5.74) is 0.677. The molecule has 0 spiro atoms. The average molecular weight is 316 g/mol. The van der Waals surface area contributed by atoms with Crippen LogP contribution in [-0.2, 0) is 0 Å². The van der Waals surface area contributed by atoms with Crippen LogP contribution in [0.25, 0.3) is 0 Å². The van der Waals surface area contributed by atoms with Gasteiger partial charge in [0.15, 0.2) is 5.78 Å². The number of carbonyl (C=O) groups is 1. The molecular formula is C11H8Br2O. The zero-order valence-electron chi connectivity index (χ0n) is 7.60. The van der Waals surface area contributed by atoms with Gasteiger partial charge in [-0.2, -0.15) is 0 Å². The lowest BCUT2D eigenvalue weighted by molar-refractivity contribution is 0.0997. The molecule has 0 bridgehead atoms. The van der Waals surface area contributed by atoms with Crippen molar-refractivity contribution < 1.29 is 4.79 Å². The molecule has 0 aliphatic heterocycles. The van der Waals surface area contributed by atoms with Gasteiger partial charge < -0.3 is 0 Å². The van der Waals surface area contributed by atoms with Gasteiger partial charge in [0, 0.05) is 14.5 Å². The lowest BCUT2D eigenvalue weighted by Gasteiger charge is -2.01. The van der Waals surface area contributed by atoms with Gasteiger partial charge in [-0.05, 0) is 25.1 Å². The molecule has 3 heteroatoms. The number of benzene rings is 1. The Labute approximate surface area is 100 Å². The molecule has 0 saturated carbocycles. The van der Waals surface area contributed by atoms with Gasteiger partial charge in [0.1, 0.15) is 0 Å². The number of hydrogen-bond donors (Lipinski definition) is 0. The molecule has 1 nitrogen and oxygen atoms in total. The van der Waals surface area contributed by atoms with Crippen molar-refractivity contribution in [3.63, 3.8) is 0 Å². The number of ketones is 1. The van der Waals surface area contributed by atoms with Crippen molar-refractivity contribution in [3.05, 3.63) is 32.7 Å². The minimum Gasteiger partial charge on any atom is -0.293 e. The summed E-state index contributed by atoms with van der Waals surface area (Å²) in [6, 6.07) is 5.48. The zero-order chi connectivity index (χ0) is 10.6. The fraction of sp³-hybridized carbons (Fsp3) is 0.182. The van der Waals surface area contributed by atoms with E-state index in [4.69, 9.17) is 0 Å². The van der Waals surface area contributed by atoms with Crippen LogP contribution in [0.1, 0.15) is 23.7 Å². The quantitative estimate of drug-likeness (QED) is 0.599. The van der Waals surface area contributed by atoms with Crippen LogP contribution in [0.4, 0.5) is 0 Å². The van der Waals surface area contributed by atoms with Crippen molar-refractivity contribution in [1.29, 1.82) is 0 Å². The number of Topliss-reactive ketones (excluding diaryl/α,β-unsaturated/α-hetero) is 1. The number of rotatable bonds is 2. The Morgan fingerprint density at radius 1 is 1.43 bits per heavy atom. The van der Waals surface area contributed by atoms with E-state index < -0.39 is 0 Å². The number of halogens is 2. The van der Waals surface area contributed by atoms with Crippen LogP contribution in [0.2, 0.25) is 0 Å². The van der Waals surface area contributed by atoms with Crippen LogP contribution < -0.4 is 0 Å². The zero-order valence-corrected chi connectivity index (χ0v) is 10.8. The summed E-state index contributed by atoms with van der Waals surface area (Å²) in [4.78, 5) is 11.6. The molecule has 1 aromatic rings. The molecule has 14 heavy (non-hydrogen) atoms. The summed E-state index contributed by atoms with van der Waals surface area (Å²) in [5.74, 6) is 5.50. The fourth-order valence-corrected chi connectivity index (χ4v) is 2.25.